The van der Waals surface area contributed by atoms with Crippen molar-refractivity contribution >= 4 is 143 Å². The summed E-state index contributed by atoms with van der Waals surface area (Å²) in [7, 11) is 0.149. The predicted molar refractivity (Wildman–Crippen MR) is 590 cm³/mol. The van der Waals surface area contributed by atoms with E-state index in [1.54, 1.807) is 36.4 Å². The average molecular weight is 1860 g/mol. The van der Waals surface area contributed by atoms with Gasteiger partial charge in [0, 0.05) is 141 Å². The van der Waals surface area contributed by atoms with Gasteiger partial charge in [-0.25, -0.2) is 16.8 Å². The van der Waals surface area contributed by atoms with E-state index in [1.165, 1.54) is 104 Å². The van der Waals surface area contributed by atoms with Crippen molar-refractivity contribution in [2.75, 3.05) is 7.05 Å². The highest BCUT2D eigenvalue weighted by Gasteiger charge is 2.26. The van der Waals surface area contributed by atoms with Gasteiger partial charge in [-0.3, -0.25) is 4.99 Å². The molecule has 0 saturated carbocycles. The molecule has 0 fully saturated rings. The first-order chi connectivity index (χ1) is 69.1. The number of benzene rings is 16. The van der Waals surface area contributed by atoms with E-state index in [4.69, 9.17) is 12.2 Å². The van der Waals surface area contributed by atoms with E-state index in [1.807, 2.05) is 92.0 Å². The lowest BCUT2D eigenvalue weighted by Crippen LogP contribution is -2.14. The maximum absolute atomic E-state index is 13.8. The van der Waals surface area contributed by atoms with Crippen LogP contribution in [0.15, 0.2) is 471 Å². The van der Waals surface area contributed by atoms with Gasteiger partial charge in [0.05, 0.1) is 27.5 Å². The molecular formula is C127H96FN9O2S2. The zero-order valence-electron chi connectivity index (χ0n) is 77.6. The number of halogens is 1. The molecule has 141 heavy (non-hydrogen) atoms. The topological polar surface area (TPSA) is 151 Å². The largest absolute Gasteiger partial charge is 0.355 e. The molecular weight excluding hydrogens is 1770 g/mol. The summed E-state index contributed by atoms with van der Waals surface area (Å²) in [6.07, 6.45) is 7.14. The molecule has 0 radical (unpaired) electrons. The van der Waals surface area contributed by atoms with E-state index in [9.17, 15) is 12.8 Å². The Hall–Kier alpha value is -17.6. The monoisotopic (exact) mass is 1860 g/mol. The summed E-state index contributed by atoms with van der Waals surface area (Å²) < 4.78 is 44.7. The molecule has 24 aromatic rings. The molecule has 26 rings (SSSR count). The molecule has 14 heteroatoms. The van der Waals surface area contributed by atoms with Crippen LogP contribution in [-0.4, -0.2) is 64.5 Å². The summed E-state index contributed by atoms with van der Waals surface area (Å²) >= 11 is 5.82. The minimum atomic E-state index is -3.78. The molecule has 6 N–H and O–H groups in total. The van der Waals surface area contributed by atoms with E-state index in [0.29, 0.717) is 11.2 Å². The van der Waals surface area contributed by atoms with Crippen molar-refractivity contribution in [1.29, 1.82) is 0 Å². The molecule has 0 amide bonds. The van der Waals surface area contributed by atoms with Crippen molar-refractivity contribution in [3.63, 3.8) is 0 Å². The van der Waals surface area contributed by atoms with Gasteiger partial charge in [0.15, 0.2) is 0 Å². The number of fused-ring (bicyclic) bond motifs is 10. The van der Waals surface area contributed by atoms with E-state index in [2.05, 4.69) is 381 Å². The van der Waals surface area contributed by atoms with Crippen LogP contribution in [0.1, 0.15) is 67.2 Å². The normalized spacial score (nSPS) is 12.2. The van der Waals surface area contributed by atoms with Gasteiger partial charge in [0.1, 0.15) is 5.82 Å². The molecule has 0 saturated heterocycles. The number of H-pyrrole nitrogens is 6. The first-order valence-electron chi connectivity index (χ1n) is 47.2. The number of aliphatic imine (C=N–C) groups is 1. The number of nitrogens with one attached hydrogen (secondary N) is 6. The van der Waals surface area contributed by atoms with Crippen LogP contribution < -0.4 is 0 Å². The van der Waals surface area contributed by atoms with Crippen molar-refractivity contribution in [2.24, 2.45) is 12.0 Å². The van der Waals surface area contributed by atoms with Crippen molar-refractivity contribution in [3.05, 3.63) is 534 Å². The maximum Gasteiger partial charge on any atom is 0.268 e. The second-order valence-electron chi connectivity index (χ2n) is 35.8. The Morgan fingerprint density at radius 3 is 1.28 bits per heavy atom. The highest BCUT2D eigenvalue weighted by Crippen LogP contribution is 2.40. The maximum atomic E-state index is 13.8. The first kappa shape index (κ1) is 88.7. The van der Waals surface area contributed by atoms with Crippen LogP contribution in [-0.2, 0) is 36.3 Å². The SMILES string of the molecule is C=C(C1=Cc2ccccc2C1)c1cccc(-c2cc3ccccc3[nH]2)c1.C=C(c1cccc(-c2cc3cc(F)ccc3[nH]2)c1)c1cc2ccccc2[nH]1.CN=C(c1cccc(-c2cc3ccccc3[nH]2)c1)c1cc2ccccc2[nH]1.Cn1c(Cc2cccc(-c3cc4ccccc4n3S(=O)(=O)c3ccccc3)c2)cc2ccccc21.S=C(C1=Cc2ccccc2C1)c1cccc(-c2cc3ccccc3[nH]2)c1. The van der Waals surface area contributed by atoms with Gasteiger partial charge in [-0.05, 0) is 271 Å². The van der Waals surface area contributed by atoms with Crippen LogP contribution in [0.4, 0.5) is 4.39 Å². The summed E-state index contributed by atoms with van der Waals surface area (Å²) in [6.45, 7) is 8.68. The number of hydrogen-bond donors (Lipinski definition) is 6. The summed E-state index contributed by atoms with van der Waals surface area (Å²) in [5, 5.41) is 9.02. The third-order valence-corrected chi connectivity index (χ3v) is 29.0. The summed E-state index contributed by atoms with van der Waals surface area (Å²) in [4.78, 5) is 26.6. The number of nitrogens with zero attached hydrogens (tertiary/aromatic N) is 3. The van der Waals surface area contributed by atoms with Crippen LogP contribution in [0.2, 0.25) is 0 Å². The number of para-hydroxylation sites is 7. The van der Waals surface area contributed by atoms with Crippen molar-refractivity contribution in [1.82, 2.24) is 38.4 Å². The Morgan fingerprint density at radius 1 is 0.348 bits per heavy atom. The van der Waals surface area contributed by atoms with Crippen molar-refractivity contribution in [2.45, 2.75) is 24.2 Å². The zero-order valence-corrected chi connectivity index (χ0v) is 79.2. The Morgan fingerprint density at radius 2 is 0.752 bits per heavy atom. The second-order valence-corrected chi connectivity index (χ2v) is 38.0. The second kappa shape index (κ2) is 38.5. The van der Waals surface area contributed by atoms with Crippen LogP contribution in [0.5, 0.6) is 0 Å². The van der Waals surface area contributed by atoms with Crippen molar-refractivity contribution < 1.29 is 12.8 Å². The number of hydrogen-bond acceptors (Lipinski definition) is 4. The van der Waals surface area contributed by atoms with E-state index >= 15 is 0 Å². The first-order valence-corrected chi connectivity index (χ1v) is 49.0. The lowest BCUT2D eigenvalue weighted by atomic mass is 9.96. The molecule has 11 nitrogen and oxygen atoms in total. The Labute approximate surface area is 822 Å². The van der Waals surface area contributed by atoms with E-state index in [-0.39, 0.29) is 10.7 Å². The molecule has 8 aromatic heterocycles. The highest BCUT2D eigenvalue weighted by atomic mass is 32.2. The fraction of sp³-hybridized carbons (Fsp3) is 0.0394. The lowest BCUT2D eigenvalue weighted by Gasteiger charge is -2.13. The van der Waals surface area contributed by atoms with Gasteiger partial charge in [-0.2, -0.15) is 0 Å². The van der Waals surface area contributed by atoms with Gasteiger partial charge in [0.25, 0.3) is 10.0 Å². The van der Waals surface area contributed by atoms with Crippen molar-refractivity contribution in [3.8, 4) is 56.3 Å². The summed E-state index contributed by atoms with van der Waals surface area (Å²) in [5.41, 5.74) is 38.6. The fourth-order valence-corrected chi connectivity index (χ4v) is 21.3. The number of aromatic nitrogens is 8. The molecule has 0 spiro atoms. The van der Waals surface area contributed by atoms with E-state index in [0.717, 1.165) is 158 Å². The Balaban J connectivity index is 0.000000102. The zero-order chi connectivity index (χ0) is 95.6. The number of aromatic amines is 6. The van der Waals surface area contributed by atoms with Gasteiger partial charge in [0.2, 0.25) is 0 Å². The molecule has 0 unspecified atom stereocenters. The minimum absolute atomic E-state index is 0.228. The third-order valence-electron chi connectivity index (χ3n) is 26.8. The third kappa shape index (κ3) is 18.4. The fourth-order valence-electron chi connectivity index (χ4n) is 19.5. The van der Waals surface area contributed by atoms with Crippen LogP contribution in [0, 0.1) is 5.82 Å². The number of thiocarbonyl (C=S) groups is 1. The summed E-state index contributed by atoms with van der Waals surface area (Å²) in [5.74, 6) is -0.228. The number of aryl methyl sites for hydroxylation is 1. The highest BCUT2D eigenvalue weighted by molar-refractivity contribution is 7.90. The molecule has 16 aromatic carbocycles. The average Bonchev–Trinajstić information content (AvgIpc) is 1.67. The molecule has 0 aliphatic heterocycles. The molecule has 2 aliphatic rings. The Bertz CT molecular complexity index is 8840. The van der Waals surface area contributed by atoms with Gasteiger partial charge < -0.3 is 34.5 Å². The Kier molecular flexibility index (Phi) is 24.2. The molecule has 8 heterocycles. The van der Waals surface area contributed by atoms with Gasteiger partial charge >= 0.3 is 0 Å². The number of allylic oxidation sites excluding steroid dienone is 3. The molecule has 0 bridgehead atoms. The minimum Gasteiger partial charge on any atom is -0.355 e. The van der Waals surface area contributed by atoms with Crippen LogP contribution in [0.3, 0.4) is 0 Å². The lowest BCUT2D eigenvalue weighted by molar-refractivity contribution is 0.589. The predicted octanol–water partition coefficient (Wildman–Crippen LogP) is 31.6. The number of rotatable bonds is 17. The quantitative estimate of drug-likeness (QED) is 0.0306. The molecule has 2 aliphatic carbocycles. The van der Waals surface area contributed by atoms with Gasteiger partial charge in [-0.15, -0.1) is 0 Å². The van der Waals surface area contributed by atoms with Crippen LogP contribution >= 0.6 is 12.2 Å². The van der Waals surface area contributed by atoms with Crippen LogP contribution in [0.25, 0.3) is 167 Å². The molecule has 0 atom stereocenters. The summed E-state index contributed by atoms with van der Waals surface area (Å²) in [6, 6.07) is 147. The van der Waals surface area contributed by atoms with Gasteiger partial charge in [-0.1, -0.05) is 317 Å². The smallest absolute Gasteiger partial charge is 0.268 e. The standard InChI is InChI=1S/C30H24N2O2S.C25H19N.C24H17FN2.C24H19N3.C24H17NS/c1-31-26(20-24-11-5-7-16-28(24)31)19-22-10-9-13-23(18-22)30-21-25-12-6-8-17-29(25)32(30)35(33,34)27-14-3-2-4-15-27;1-17(23-14-19-7-2-3-8-20(19)15-23)18-10-6-11-21(13-18)25-16-22-9-4-5-12-24(22)26-25;1-15(23-13-18-5-2-3-8-21(18)26-23)16-6-4-7-17(11-16)24-14-19-12-20(25)9-10-22(19)27-24;1-25-24(23-15-18-8-3-5-12-21(18)27-23)19-10-6-9-16(13-19)22-14-17-7-2-4-11-20(17)26-22;26-24(21-12-16-6-1-2-7-17(16)13-21)20-10-5-9-18(14-20)23-15-19-8-3-4-11-22(19)25-23/h2-18,20-21H,19H2,1H3;2-14,16,26H,1,15H2;2-14,26-27H,1H2;2-15,26-27H,1H3;1-12,14-15,25H,13H2. The molecule has 680 valence electrons. The van der Waals surface area contributed by atoms with E-state index < -0.39 is 10.0 Å².